The molecule has 1 aromatic rings. The molecule has 0 amide bonds. The lowest BCUT2D eigenvalue weighted by molar-refractivity contribution is 0.260. The molecule has 1 rings (SSSR count). The summed E-state index contributed by atoms with van der Waals surface area (Å²) in [6.45, 7) is 5.91. The summed E-state index contributed by atoms with van der Waals surface area (Å²) in [5, 5.41) is 12.1. The number of aliphatic hydroxyl groups is 1. The lowest BCUT2D eigenvalue weighted by Gasteiger charge is -2.26. The van der Waals surface area contributed by atoms with Gasteiger partial charge in [-0.3, -0.25) is 0 Å². The standard InChI is InChI=1S/C13H22N2O/c1-13(2,10-15-8-12(14)9-16)11-6-4-3-5-7-11/h3-7,12,15-16H,8-10,14H2,1-2H3. The zero-order valence-corrected chi connectivity index (χ0v) is 10.1. The molecule has 0 aromatic heterocycles. The number of hydrogen-bond donors (Lipinski definition) is 3. The molecule has 3 heteroatoms. The minimum Gasteiger partial charge on any atom is -0.395 e. The van der Waals surface area contributed by atoms with Crippen molar-refractivity contribution in [1.29, 1.82) is 0 Å². The molecule has 0 spiro atoms. The summed E-state index contributed by atoms with van der Waals surface area (Å²) >= 11 is 0. The number of aliphatic hydroxyl groups excluding tert-OH is 1. The highest BCUT2D eigenvalue weighted by Gasteiger charge is 2.19. The van der Waals surface area contributed by atoms with Gasteiger partial charge in [0.1, 0.15) is 0 Å². The van der Waals surface area contributed by atoms with Gasteiger partial charge < -0.3 is 16.2 Å². The smallest absolute Gasteiger partial charge is 0.0594 e. The van der Waals surface area contributed by atoms with E-state index in [1.807, 2.05) is 6.07 Å². The molecule has 0 heterocycles. The predicted octanol–water partition coefficient (Wildman–Crippen LogP) is 0.873. The molecule has 1 aromatic carbocycles. The van der Waals surface area contributed by atoms with E-state index in [4.69, 9.17) is 10.8 Å². The largest absolute Gasteiger partial charge is 0.395 e. The second-order valence-corrected chi connectivity index (χ2v) is 4.82. The van der Waals surface area contributed by atoms with Crippen LogP contribution < -0.4 is 11.1 Å². The molecule has 90 valence electrons. The molecule has 0 saturated heterocycles. The second-order valence-electron chi connectivity index (χ2n) is 4.82. The Morgan fingerprint density at radius 1 is 1.31 bits per heavy atom. The molecule has 3 nitrogen and oxygen atoms in total. The number of rotatable bonds is 6. The molecule has 0 aliphatic rings. The van der Waals surface area contributed by atoms with Crippen molar-refractivity contribution in [3.63, 3.8) is 0 Å². The molecule has 0 fully saturated rings. The molecule has 0 aliphatic carbocycles. The van der Waals surface area contributed by atoms with E-state index in [0.29, 0.717) is 6.54 Å². The van der Waals surface area contributed by atoms with Crippen molar-refractivity contribution >= 4 is 0 Å². The SMILES string of the molecule is CC(C)(CNCC(N)CO)c1ccccc1. The first-order valence-corrected chi connectivity index (χ1v) is 5.69. The topological polar surface area (TPSA) is 58.3 Å². The maximum absolute atomic E-state index is 8.82. The van der Waals surface area contributed by atoms with Crippen LogP contribution >= 0.6 is 0 Å². The zero-order chi connectivity index (χ0) is 12.0. The summed E-state index contributed by atoms with van der Waals surface area (Å²) in [5.74, 6) is 0. The van der Waals surface area contributed by atoms with Crippen molar-refractivity contribution in [3.05, 3.63) is 35.9 Å². The van der Waals surface area contributed by atoms with Crippen LogP contribution in [0.5, 0.6) is 0 Å². The van der Waals surface area contributed by atoms with E-state index in [9.17, 15) is 0 Å². The number of hydrogen-bond acceptors (Lipinski definition) is 3. The van der Waals surface area contributed by atoms with Crippen molar-refractivity contribution < 1.29 is 5.11 Å². The minimum absolute atomic E-state index is 0.0266. The number of nitrogens with two attached hydrogens (primary N) is 1. The average Bonchev–Trinajstić information content (AvgIpc) is 2.30. The molecular formula is C13H22N2O. The van der Waals surface area contributed by atoms with Crippen LogP contribution in [0.15, 0.2) is 30.3 Å². The van der Waals surface area contributed by atoms with Gasteiger partial charge in [0.15, 0.2) is 0 Å². The summed E-state index contributed by atoms with van der Waals surface area (Å²) in [7, 11) is 0. The molecule has 0 bridgehead atoms. The molecular weight excluding hydrogens is 200 g/mol. The van der Waals surface area contributed by atoms with E-state index in [1.165, 1.54) is 5.56 Å². The lowest BCUT2D eigenvalue weighted by atomic mass is 9.84. The maximum atomic E-state index is 8.82. The van der Waals surface area contributed by atoms with Gasteiger partial charge in [0, 0.05) is 24.5 Å². The van der Waals surface area contributed by atoms with E-state index < -0.39 is 0 Å². The number of benzene rings is 1. The Bertz CT molecular complexity index is 298. The summed E-state index contributed by atoms with van der Waals surface area (Å²) in [4.78, 5) is 0. The van der Waals surface area contributed by atoms with E-state index >= 15 is 0 Å². The fourth-order valence-corrected chi connectivity index (χ4v) is 1.63. The third kappa shape index (κ3) is 3.93. The van der Waals surface area contributed by atoms with Crippen molar-refractivity contribution in [2.45, 2.75) is 25.3 Å². The van der Waals surface area contributed by atoms with Crippen LogP contribution in [0, 0.1) is 0 Å². The average molecular weight is 222 g/mol. The van der Waals surface area contributed by atoms with Gasteiger partial charge in [0.25, 0.3) is 0 Å². The van der Waals surface area contributed by atoms with Crippen molar-refractivity contribution in [1.82, 2.24) is 5.32 Å². The quantitative estimate of drug-likeness (QED) is 0.669. The van der Waals surface area contributed by atoms with Crippen molar-refractivity contribution in [2.24, 2.45) is 5.73 Å². The Labute approximate surface area is 97.7 Å². The zero-order valence-electron chi connectivity index (χ0n) is 10.1. The number of nitrogens with one attached hydrogen (secondary N) is 1. The van der Waals surface area contributed by atoms with Crippen molar-refractivity contribution in [3.8, 4) is 0 Å². The van der Waals surface area contributed by atoms with E-state index in [-0.39, 0.29) is 18.1 Å². The van der Waals surface area contributed by atoms with Crippen LogP contribution in [0.4, 0.5) is 0 Å². The molecule has 16 heavy (non-hydrogen) atoms. The Morgan fingerprint density at radius 3 is 2.50 bits per heavy atom. The third-order valence-corrected chi connectivity index (χ3v) is 2.76. The van der Waals surface area contributed by atoms with Gasteiger partial charge in [-0.25, -0.2) is 0 Å². The summed E-state index contributed by atoms with van der Waals surface area (Å²) in [6.07, 6.45) is 0. The highest BCUT2D eigenvalue weighted by atomic mass is 16.3. The molecule has 1 unspecified atom stereocenters. The van der Waals surface area contributed by atoms with Gasteiger partial charge in [-0.1, -0.05) is 44.2 Å². The van der Waals surface area contributed by atoms with Gasteiger partial charge >= 0.3 is 0 Å². The summed E-state index contributed by atoms with van der Waals surface area (Å²) in [6, 6.07) is 10.2. The van der Waals surface area contributed by atoms with Crippen LogP contribution in [0.25, 0.3) is 0 Å². The van der Waals surface area contributed by atoms with Crippen LogP contribution in [0.2, 0.25) is 0 Å². The van der Waals surface area contributed by atoms with Gasteiger partial charge in [-0.05, 0) is 5.56 Å². The van der Waals surface area contributed by atoms with Crippen molar-refractivity contribution in [2.75, 3.05) is 19.7 Å². The Morgan fingerprint density at radius 2 is 1.94 bits per heavy atom. The second kappa shape index (κ2) is 5.99. The normalized spacial score (nSPS) is 13.8. The van der Waals surface area contributed by atoms with Gasteiger partial charge in [-0.2, -0.15) is 0 Å². The van der Waals surface area contributed by atoms with Crippen LogP contribution in [-0.2, 0) is 5.41 Å². The molecule has 0 radical (unpaired) electrons. The van der Waals surface area contributed by atoms with Gasteiger partial charge in [0.2, 0.25) is 0 Å². The summed E-state index contributed by atoms with van der Waals surface area (Å²) < 4.78 is 0. The third-order valence-electron chi connectivity index (χ3n) is 2.76. The Balaban J connectivity index is 2.46. The monoisotopic (exact) mass is 222 g/mol. The first-order chi connectivity index (χ1) is 7.56. The van der Waals surface area contributed by atoms with Gasteiger partial charge in [0.05, 0.1) is 6.61 Å². The highest BCUT2D eigenvalue weighted by Crippen LogP contribution is 2.21. The molecule has 0 saturated carbocycles. The fraction of sp³-hybridized carbons (Fsp3) is 0.538. The molecule has 4 N–H and O–H groups in total. The maximum Gasteiger partial charge on any atom is 0.0594 e. The van der Waals surface area contributed by atoms with Crippen LogP contribution in [-0.4, -0.2) is 30.8 Å². The Hall–Kier alpha value is -0.900. The molecule has 0 aliphatic heterocycles. The van der Waals surface area contributed by atoms with E-state index in [1.54, 1.807) is 0 Å². The predicted molar refractivity (Wildman–Crippen MR) is 67.4 cm³/mol. The molecule has 1 atom stereocenters. The fourth-order valence-electron chi connectivity index (χ4n) is 1.63. The first-order valence-electron chi connectivity index (χ1n) is 5.69. The summed E-state index contributed by atoms with van der Waals surface area (Å²) in [5.41, 5.74) is 7.01. The minimum atomic E-state index is -0.174. The highest BCUT2D eigenvalue weighted by molar-refractivity contribution is 5.23. The van der Waals surface area contributed by atoms with E-state index in [2.05, 4.69) is 43.4 Å². The first kappa shape index (κ1) is 13.2. The Kier molecular flexibility index (Phi) is 4.93. The van der Waals surface area contributed by atoms with Gasteiger partial charge in [-0.15, -0.1) is 0 Å². The van der Waals surface area contributed by atoms with E-state index in [0.717, 1.165) is 6.54 Å². The lowest BCUT2D eigenvalue weighted by Crippen LogP contribution is -2.41. The van der Waals surface area contributed by atoms with Crippen LogP contribution in [0.1, 0.15) is 19.4 Å². The van der Waals surface area contributed by atoms with Crippen LogP contribution in [0.3, 0.4) is 0 Å².